The molecule has 1 aromatic carbocycles. The fraction of sp³-hybridized carbons (Fsp3) is 0.571. The molecule has 0 atom stereocenters. The fourth-order valence-electron chi connectivity index (χ4n) is 2.16. The first kappa shape index (κ1) is 25.4. The first-order valence-electron chi connectivity index (χ1n) is 9.72. The lowest BCUT2D eigenvalue weighted by Gasteiger charge is -2.21. The van der Waals surface area contributed by atoms with Crippen LogP contribution in [0.1, 0.15) is 53.5 Å². The fourth-order valence-corrected chi connectivity index (χ4v) is 2.16. The maximum Gasteiger partial charge on any atom is 0.435 e. The topological polar surface area (TPSA) is 121 Å². The van der Waals surface area contributed by atoms with Crippen molar-refractivity contribution >= 4 is 18.0 Å². The van der Waals surface area contributed by atoms with Crippen LogP contribution in [0.15, 0.2) is 29.3 Å². The van der Waals surface area contributed by atoms with Gasteiger partial charge < -0.3 is 19.0 Å². The second-order valence-corrected chi connectivity index (χ2v) is 8.56. The van der Waals surface area contributed by atoms with E-state index in [1.54, 1.807) is 53.7 Å². The van der Waals surface area contributed by atoms with Crippen molar-refractivity contribution in [3.05, 3.63) is 29.8 Å². The van der Waals surface area contributed by atoms with Crippen LogP contribution in [0.4, 0.5) is 9.59 Å². The first-order valence-corrected chi connectivity index (χ1v) is 9.72. The van der Waals surface area contributed by atoms with Crippen molar-refractivity contribution in [1.29, 1.82) is 0 Å². The van der Waals surface area contributed by atoms with Crippen LogP contribution in [0.5, 0.6) is 5.75 Å². The summed E-state index contributed by atoms with van der Waals surface area (Å²) in [4.78, 5) is 32.7. The van der Waals surface area contributed by atoms with Gasteiger partial charge in [-0.15, -0.1) is 0 Å². The number of nitrogens with one attached hydrogen (secondary N) is 1. The largest absolute Gasteiger partial charge is 0.494 e. The zero-order chi connectivity index (χ0) is 22.8. The molecule has 2 amide bonds. The molecule has 0 aliphatic carbocycles. The Morgan fingerprint density at radius 1 is 0.967 bits per heavy atom. The SMILES string of the molecule is CC(C)(C)OC(=O)N=C(Cc1ccc(OCCCON)cc1)NC(=O)OC(C)(C)C. The van der Waals surface area contributed by atoms with Crippen molar-refractivity contribution in [2.75, 3.05) is 13.2 Å². The van der Waals surface area contributed by atoms with E-state index in [1.807, 2.05) is 12.1 Å². The Bertz CT molecular complexity index is 718. The van der Waals surface area contributed by atoms with E-state index < -0.39 is 23.4 Å². The van der Waals surface area contributed by atoms with Gasteiger partial charge in [0.2, 0.25) is 0 Å². The van der Waals surface area contributed by atoms with Crippen LogP contribution in [0, 0.1) is 0 Å². The van der Waals surface area contributed by atoms with Gasteiger partial charge in [0.25, 0.3) is 0 Å². The monoisotopic (exact) mass is 423 g/mol. The molecule has 9 heteroatoms. The van der Waals surface area contributed by atoms with E-state index in [4.69, 9.17) is 20.1 Å². The molecule has 0 heterocycles. The van der Waals surface area contributed by atoms with E-state index in [2.05, 4.69) is 15.1 Å². The van der Waals surface area contributed by atoms with E-state index in [9.17, 15) is 9.59 Å². The van der Waals surface area contributed by atoms with Crippen LogP contribution in [0.3, 0.4) is 0 Å². The molecule has 0 bridgehead atoms. The standard InChI is InChI=1S/C21H33N3O6/c1-20(2,3)29-18(25)23-17(24-19(26)30-21(4,5)6)14-15-8-10-16(11-9-15)27-12-7-13-28-22/h8-11H,7,12-14,22H2,1-6H3,(H,23,24,25,26). The molecule has 0 aliphatic rings. The molecule has 3 N–H and O–H groups in total. The smallest absolute Gasteiger partial charge is 0.435 e. The molecule has 1 aromatic rings. The molecule has 0 spiro atoms. The second-order valence-electron chi connectivity index (χ2n) is 8.56. The summed E-state index contributed by atoms with van der Waals surface area (Å²) in [5, 5.41) is 2.53. The van der Waals surface area contributed by atoms with Gasteiger partial charge in [0, 0.05) is 12.8 Å². The van der Waals surface area contributed by atoms with Gasteiger partial charge >= 0.3 is 12.2 Å². The number of benzene rings is 1. The van der Waals surface area contributed by atoms with Crippen molar-refractivity contribution in [3.63, 3.8) is 0 Å². The average molecular weight is 424 g/mol. The van der Waals surface area contributed by atoms with Crippen molar-refractivity contribution in [1.82, 2.24) is 5.32 Å². The quantitative estimate of drug-likeness (QED) is 0.296. The molecule has 0 fully saturated rings. The van der Waals surface area contributed by atoms with E-state index in [-0.39, 0.29) is 12.3 Å². The highest BCUT2D eigenvalue weighted by Gasteiger charge is 2.20. The third-order valence-corrected chi connectivity index (χ3v) is 3.24. The van der Waals surface area contributed by atoms with Crippen LogP contribution >= 0.6 is 0 Å². The third-order valence-electron chi connectivity index (χ3n) is 3.24. The highest BCUT2D eigenvalue weighted by atomic mass is 16.6. The zero-order valence-corrected chi connectivity index (χ0v) is 18.6. The molecule has 0 radical (unpaired) electrons. The highest BCUT2D eigenvalue weighted by molar-refractivity contribution is 6.01. The van der Waals surface area contributed by atoms with E-state index >= 15 is 0 Å². The van der Waals surface area contributed by atoms with Gasteiger partial charge in [-0.25, -0.2) is 15.5 Å². The number of hydrogen-bond donors (Lipinski definition) is 2. The summed E-state index contributed by atoms with van der Waals surface area (Å²) < 4.78 is 16.0. The van der Waals surface area contributed by atoms with Crippen LogP contribution in [0.25, 0.3) is 0 Å². The molecule has 168 valence electrons. The van der Waals surface area contributed by atoms with Gasteiger partial charge in [-0.05, 0) is 59.2 Å². The Labute approximate surface area is 177 Å². The molecule has 0 unspecified atom stereocenters. The van der Waals surface area contributed by atoms with Gasteiger partial charge in [0.1, 0.15) is 22.8 Å². The minimum Gasteiger partial charge on any atom is -0.494 e. The molecule has 30 heavy (non-hydrogen) atoms. The Balaban J connectivity index is 2.86. The average Bonchev–Trinajstić information content (AvgIpc) is 2.56. The van der Waals surface area contributed by atoms with Crippen molar-refractivity contribution < 1.29 is 28.6 Å². The predicted octanol–water partition coefficient (Wildman–Crippen LogP) is 3.75. The van der Waals surface area contributed by atoms with Gasteiger partial charge in [0.15, 0.2) is 0 Å². The highest BCUT2D eigenvalue weighted by Crippen LogP contribution is 2.14. The lowest BCUT2D eigenvalue weighted by Crippen LogP contribution is -2.38. The number of carbonyl (C=O) groups excluding carboxylic acids is 2. The second kappa shape index (κ2) is 11.5. The Kier molecular flexibility index (Phi) is 9.74. The summed E-state index contributed by atoms with van der Waals surface area (Å²) >= 11 is 0. The van der Waals surface area contributed by atoms with Gasteiger partial charge in [-0.2, -0.15) is 4.99 Å². The number of amidine groups is 1. The summed E-state index contributed by atoms with van der Waals surface area (Å²) in [6, 6.07) is 7.21. The van der Waals surface area contributed by atoms with Crippen LogP contribution < -0.4 is 16.0 Å². The van der Waals surface area contributed by atoms with Gasteiger partial charge in [-0.1, -0.05) is 12.1 Å². The van der Waals surface area contributed by atoms with Crippen molar-refractivity contribution in [2.45, 2.75) is 65.6 Å². The number of nitrogens with two attached hydrogens (primary N) is 1. The summed E-state index contributed by atoms with van der Waals surface area (Å²) in [5.41, 5.74) is -0.577. The lowest BCUT2D eigenvalue weighted by atomic mass is 10.1. The molecule has 0 saturated heterocycles. The van der Waals surface area contributed by atoms with Crippen LogP contribution in [-0.2, 0) is 20.7 Å². The van der Waals surface area contributed by atoms with E-state index in [1.165, 1.54) is 0 Å². The number of ether oxygens (including phenoxy) is 3. The van der Waals surface area contributed by atoms with Gasteiger partial charge in [-0.3, -0.25) is 5.32 Å². The molecule has 0 aliphatic heterocycles. The Hall–Kier alpha value is -2.65. The van der Waals surface area contributed by atoms with Gasteiger partial charge in [0.05, 0.1) is 13.2 Å². The minimum absolute atomic E-state index is 0.118. The number of rotatable bonds is 7. The normalized spacial score (nSPS) is 12.3. The molecule has 9 nitrogen and oxygen atoms in total. The number of aliphatic imine (C=N–C) groups is 1. The van der Waals surface area contributed by atoms with Crippen molar-refractivity contribution in [3.8, 4) is 5.75 Å². The Morgan fingerprint density at radius 3 is 2.10 bits per heavy atom. The molecule has 0 aromatic heterocycles. The molecular formula is C21H33N3O6. The summed E-state index contributed by atoms with van der Waals surface area (Å²) in [6.07, 6.45) is -0.632. The summed E-state index contributed by atoms with van der Waals surface area (Å²) in [6.45, 7) is 11.3. The molecule has 1 rings (SSSR count). The number of nitrogens with zero attached hydrogens (tertiary/aromatic N) is 1. The van der Waals surface area contributed by atoms with E-state index in [0.717, 1.165) is 5.56 Å². The first-order chi connectivity index (χ1) is 13.9. The summed E-state index contributed by atoms with van der Waals surface area (Å²) in [5.74, 6) is 5.77. The number of hydrogen-bond acceptors (Lipinski definition) is 7. The number of carbonyl (C=O) groups is 2. The predicted molar refractivity (Wildman–Crippen MR) is 113 cm³/mol. The number of alkyl carbamates (subject to hydrolysis) is 1. The minimum atomic E-state index is -0.796. The Morgan fingerprint density at radius 2 is 1.57 bits per heavy atom. The lowest BCUT2D eigenvalue weighted by molar-refractivity contribution is 0.0561. The third kappa shape index (κ3) is 12.0. The maximum absolute atomic E-state index is 12.1. The molecule has 0 saturated carbocycles. The summed E-state index contributed by atoms with van der Waals surface area (Å²) in [7, 11) is 0. The van der Waals surface area contributed by atoms with Crippen LogP contribution in [0.2, 0.25) is 0 Å². The van der Waals surface area contributed by atoms with E-state index in [0.29, 0.717) is 25.4 Å². The van der Waals surface area contributed by atoms with Crippen molar-refractivity contribution in [2.24, 2.45) is 10.9 Å². The van der Waals surface area contributed by atoms with Crippen LogP contribution in [-0.4, -0.2) is 42.4 Å². The number of amides is 2. The zero-order valence-electron chi connectivity index (χ0n) is 18.6. The molecular weight excluding hydrogens is 390 g/mol. The maximum atomic E-state index is 12.1.